The van der Waals surface area contributed by atoms with Crippen molar-refractivity contribution >= 4 is 11.5 Å². The first-order chi connectivity index (χ1) is 7.68. The van der Waals surface area contributed by atoms with E-state index in [-0.39, 0.29) is 5.41 Å². The molecule has 0 fully saturated rings. The summed E-state index contributed by atoms with van der Waals surface area (Å²) in [7, 11) is 1.71. The predicted molar refractivity (Wildman–Crippen MR) is 70.5 cm³/mol. The zero-order valence-electron chi connectivity index (χ0n) is 10.9. The molecule has 1 aromatic heterocycles. The molecule has 0 amide bonds. The zero-order chi connectivity index (χ0) is 12.0. The van der Waals surface area contributed by atoms with Gasteiger partial charge in [-0.05, 0) is 29.8 Å². The third kappa shape index (κ3) is 2.97. The van der Waals surface area contributed by atoms with Gasteiger partial charge in [0.2, 0.25) is 5.88 Å². The van der Waals surface area contributed by atoms with Gasteiger partial charge in [-0.15, -0.1) is 0 Å². The van der Waals surface area contributed by atoms with Gasteiger partial charge < -0.3 is 4.74 Å². The second-order valence-electron chi connectivity index (χ2n) is 4.65. The van der Waals surface area contributed by atoms with E-state index in [1.165, 1.54) is 49.2 Å². The number of rotatable bonds is 7. The smallest absolute Gasteiger partial charge is 0.228 e. The molecule has 2 nitrogen and oxygen atoms in total. The molecule has 0 bridgehead atoms. The van der Waals surface area contributed by atoms with Crippen molar-refractivity contribution in [1.82, 2.24) is 4.37 Å². The average molecular weight is 241 g/mol. The predicted octanol–water partition coefficient (Wildman–Crippen LogP) is 4.40. The number of nitrogens with zero attached hydrogens (tertiary/aromatic N) is 1. The van der Waals surface area contributed by atoms with Crippen molar-refractivity contribution in [2.24, 2.45) is 0 Å². The molecule has 0 saturated carbocycles. The van der Waals surface area contributed by atoms with E-state index >= 15 is 0 Å². The molecule has 0 aliphatic heterocycles. The van der Waals surface area contributed by atoms with Gasteiger partial charge in [0.1, 0.15) is 0 Å². The Morgan fingerprint density at radius 3 is 2.62 bits per heavy atom. The highest BCUT2D eigenvalue weighted by molar-refractivity contribution is 7.03. The van der Waals surface area contributed by atoms with Crippen LogP contribution < -0.4 is 4.74 Å². The number of unbranched alkanes of at least 4 members (excludes halogenated alkanes) is 1. The summed E-state index contributed by atoms with van der Waals surface area (Å²) >= 11 is 1.50. The van der Waals surface area contributed by atoms with Gasteiger partial charge in [0.05, 0.1) is 7.11 Å². The minimum absolute atomic E-state index is 0.239. The van der Waals surface area contributed by atoms with E-state index in [4.69, 9.17) is 4.74 Å². The fourth-order valence-electron chi connectivity index (χ4n) is 2.29. The largest absolute Gasteiger partial charge is 0.480 e. The minimum atomic E-state index is 0.239. The standard InChI is InChI=1S/C13H23NOS/c1-5-7-9-13(3,8-6-2)11-10-16-14-12(11)15-4/h10H,5-9H2,1-4H3. The van der Waals surface area contributed by atoms with Gasteiger partial charge in [0.25, 0.3) is 0 Å². The molecule has 0 radical (unpaired) electrons. The summed E-state index contributed by atoms with van der Waals surface area (Å²) in [5.74, 6) is 0.831. The highest BCUT2D eigenvalue weighted by atomic mass is 32.1. The Kier molecular flexibility index (Phi) is 5.26. The highest BCUT2D eigenvalue weighted by Gasteiger charge is 2.29. The van der Waals surface area contributed by atoms with Gasteiger partial charge in [-0.1, -0.05) is 40.0 Å². The molecule has 1 rings (SSSR count). The second-order valence-corrected chi connectivity index (χ2v) is 5.28. The lowest BCUT2D eigenvalue weighted by molar-refractivity contribution is 0.344. The summed E-state index contributed by atoms with van der Waals surface area (Å²) in [6.45, 7) is 6.84. The highest BCUT2D eigenvalue weighted by Crippen LogP contribution is 2.39. The van der Waals surface area contributed by atoms with Crippen LogP contribution >= 0.6 is 11.5 Å². The van der Waals surface area contributed by atoms with Gasteiger partial charge in [-0.2, -0.15) is 4.37 Å². The molecular formula is C13H23NOS. The van der Waals surface area contributed by atoms with Gasteiger partial charge >= 0.3 is 0 Å². The Labute approximate surface area is 103 Å². The van der Waals surface area contributed by atoms with Crippen molar-refractivity contribution in [3.05, 3.63) is 10.9 Å². The van der Waals surface area contributed by atoms with Crippen LogP contribution in [0.5, 0.6) is 5.88 Å². The van der Waals surface area contributed by atoms with Crippen LogP contribution in [0, 0.1) is 0 Å². The zero-order valence-corrected chi connectivity index (χ0v) is 11.7. The quantitative estimate of drug-likeness (QED) is 0.706. The molecule has 0 aliphatic rings. The maximum atomic E-state index is 5.36. The third-order valence-electron chi connectivity index (χ3n) is 3.26. The van der Waals surface area contributed by atoms with Crippen molar-refractivity contribution < 1.29 is 4.74 Å². The number of ether oxygens (including phenoxy) is 1. The Bertz CT molecular complexity index is 311. The summed E-state index contributed by atoms with van der Waals surface area (Å²) in [6.07, 6.45) is 6.17. The molecule has 1 unspecified atom stereocenters. The van der Waals surface area contributed by atoms with Crippen LogP contribution in [-0.2, 0) is 5.41 Å². The number of hydrogen-bond donors (Lipinski definition) is 0. The van der Waals surface area contributed by atoms with Crippen LogP contribution in [0.2, 0.25) is 0 Å². The van der Waals surface area contributed by atoms with Crippen molar-refractivity contribution in [2.75, 3.05) is 7.11 Å². The van der Waals surface area contributed by atoms with Crippen LogP contribution in [-0.4, -0.2) is 11.5 Å². The van der Waals surface area contributed by atoms with Gasteiger partial charge in [0.15, 0.2) is 0 Å². The third-order valence-corrected chi connectivity index (χ3v) is 3.88. The SMILES string of the molecule is CCCCC(C)(CCC)c1csnc1OC. The summed E-state index contributed by atoms with van der Waals surface area (Å²) < 4.78 is 9.67. The van der Waals surface area contributed by atoms with E-state index in [2.05, 4.69) is 30.5 Å². The van der Waals surface area contributed by atoms with Gasteiger partial charge in [0, 0.05) is 10.9 Å². The molecule has 0 aromatic carbocycles. The molecule has 0 saturated heterocycles. The fourth-order valence-corrected chi connectivity index (χ4v) is 3.10. The van der Waals surface area contributed by atoms with E-state index in [9.17, 15) is 0 Å². The molecule has 92 valence electrons. The summed E-state index contributed by atoms with van der Waals surface area (Å²) in [5, 5.41) is 2.16. The maximum Gasteiger partial charge on any atom is 0.228 e. The molecule has 0 N–H and O–H groups in total. The first kappa shape index (κ1) is 13.5. The summed E-state index contributed by atoms with van der Waals surface area (Å²) in [6, 6.07) is 0. The number of aromatic nitrogens is 1. The molecule has 16 heavy (non-hydrogen) atoms. The van der Waals surface area contributed by atoms with Crippen LogP contribution in [0.3, 0.4) is 0 Å². The Morgan fingerprint density at radius 2 is 2.06 bits per heavy atom. The Hall–Kier alpha value is -0.570. The molecule has 3 heteroatoms. The van der Waals surface area contributed by atoms with Gasteiger partial charge in [-0.3, -0.25) is 0 Å². The maximum absolute atomic E-state index is 5.36. The first-order valence-electron chi connectivity index (χ1n) is 6.16. The van der Waals surface area contributed by atoms with E-state index in [0.29, 0.717) is 0 Å². The van der Waals surface area contributed by atoms with Crippen LogP contribution in [0.1, 0.15) is 58.4 Å². The number of hydrogen-bond acceptors (Lipinski definition) is 3. The lowest BCUT2D eigenvalue weighted by Crippen LogP contribution is -2.21. The number of methoxy groups -OCH3 is 1. The normalized spacial score (nSPS) is 14.8. The van der Waals surface area contributed by atoms with E-state index in [1.54, 1.807) is 7.11 Å². The molecule has 1 heterocycles. The van der Waals surface area contributed by atoms with E-state index < -0.39 is 0 Å². The summed E-state index contributed by atoms with van der Waals surface area (Å²) in [5.41, 5.74) is 1.54. The van der Waals surface area contributed by atoms with Crippen LogP contribution in [0.15, 0.2) is 5.38 Å². The van der Waals surface area contributed by atoms with Crippen LogP contribution in [0.25, 0.3) is 0 Å². The molecule has 0 aliphatic carbocycles. The molecule has 1 aromatic rings. The topological polar surface area (TPSA) is 22.1 Å². The van der Waals surface area contributed by atoms with Gasteiger partial charge in [-0.25, -0.2) is 0 Å². The Morgan fingerprint density at radius 1 is 1.31 bits per heavy atom. The van der Waals surface area contributed by atoms with E-state index in [0.717, 1.165) is 5.88 Å². The lowest BCUT2D eigenvalue weighted by Gasteiger charge is -2.29. The first-order valence-corrected chi connectivity index (χ1v) is 7.00. The van der Waals surface area contributed by atoms with Crippen molar-refractivity contribution in [1.29, 1.82) is 0 Å². The summed E-state index contributed by atoms with van der Waals surface area (Å²) in [4.78, 5) is 0. The fraction of sp³-hybridized carbons (Fsp3) is 0.769. The minimum Gasteiger partial charge on any atom is -0.480 e. The molecule has 0 spiro atoms. The van der Waals surface area contributed by atoms with Crippen molar-refractivity contribution in [3.8, 4) is 5.88 Å². The van der Waals surface area contributed by atoms with E-state index in [1.807, 2.05) is 0 Å². The average Bonchev–Trinajstić information content (AvgIpc) is 2.75. The monoisotopic (exact) mass is 241 g/mol. The van der Waals surface area contributed by atoms with Crippen molar-refractivity contribution in [3.63, 3.8) is 0 Å². The van der Waals surface area contributed by atoms with Crippen LogP contribution in [0.4, 0.5) is 0 Å². The second kappa shape index (κ2) is 6.24. The van der Waals surface area contributed by atoms with Crippen molar-refractivity contribution in [2.45, 2.75) is 58.3 Å². The molecular weight excluding hydrogens is 218 g/mol. The Balaban J connectivity index is 2.91. The lowest BCUT2D eigenvalue weighted by atomic mass is 9.76. The molecule has 1 atom stereocenters.